The second kappa shape index (κ2) is 10.4. The van der Waals surface area contributed by atoms with Crippen LogP contribution in [0, 0.1) is 0 Å². The molecule has 1 aliphatic rings. The van der Waals surface area contributed by atoms with Gasteiger partial charge in [-0.25, -0.2) is 0 Å². The molecule has 3 aromatic rings. The molecule has 0 aromatic heterocycles. The number of Topliss-reactive ketones (excluding diaryl/α,β-unsaturated/α-hetero) is 1. The van der Waals surface area contributed by atoms with Crippen LogP contribution in [0.5, 0.6) is 23.0 Å². The van der Waals surface area contributed by atoms with Gasteiger partial charge in [0.05, 0.1) is 34.6 Å². The first-order chi connectivity index (χ1) is 16.6. The maximum atomic E-state index is 13.1. The van der Waals surface area contributed by atoms with Gasteiger partial charge in [0.2, 0.25) is 5.78 Å². The number of quaternary nitrogens is 1. The summed E-state index contributed by atoms with van der Waals surface area (Å²) in [6.07, 6.45) is 4.82. The van der Waals surface area contributed by atoms with E-state index in [2.05, 4.69) is 12.3 Å². The van der Waals surface area contributed by atoms with Crippen LogP contribution < -0.4 is 23.8 Å². The molecule has 34 heavy (non-hydrogen) atoms. The molecule has 0 saturated heterocycles. The van der Waals surface area contributed by atoms with Crippen molar-refractivity contribution in [2.24, 2.45) is 0 Å². The van der Waals surface area contributed by atoms with Gasteiger partial charge in [0.25, 0.3) is 0 Å². The Kier molecular flexibility index (Phi) is 7.18. The number of hydrogen-bond donors (Lipinski definition) is 1. The zero-order valence-corrected chi connectivity index (χ0v) is 20.0. The highest BCUT2D eigenvalue weighted by Crippen LogP contribution is 2.36. The molecule has 1 heterocycles. The Morgan fingerprint density at radius 1 is 0.794 bits per heavy atom. The molecular weight excluding hydrogens is 430 g/mol. The van der Waals surface area contributed by atoms with Crippen molar-refractivity contribution in [1.29, 1.82) is 0 Å². The Bertz CT molecular complexity index is 1190. The molecule has 0 saturated carbocycles. The molecule has 1 aliphatic heterocycles. The van der Waals surface area contributed by atoms with Crippen LogP contribution in [0.4, 0.5) is 0 Å². The molecule has 1 N–H and O–H groups in total. The van der Waals surface area contributed by atoms with Crippen LogP contribution in [0.25, 0.3) is 6.08 Å². The quantitative estimate of drug-likeness (QED) is 0.493. The molecule has 0 aliphatic carbocycles. The highest BCUT2D eigenvalue weighted by Gasteiger charge is 2.32. The molecule has 0 bridgehead atoms. The minimum Gasteiger partial charge on any atom is -0.493 e. The highest BCUT2D eigenvalue weighted by atomic mass is 16.5. The van der Waals surface area contributed by atoms with Crippen LogP contribution >= 0.6 is 0 Å². The fourth-order valence-electron chi connectivity index (χ4n) is 4.45. The van der Waals surface area contributed by atoms with Gasteiger partial charge in [-0.3, -0.25) is 9.69 Å². The van der Waals surface area contributed by atoms with E-state index >= 15 is 0 Å². The standard InChI is InChI=1S/C28H29NO5/c1-31-25-11-10-19(15-26(25)32-2)14-23-22-17-28(34-4)27(33-3)16-21(22)12-13-29(23)18-24(30)20-8-6-5-7-9-20/h5-13,15-17,23H,14,18H2,1-4H3/p+1. The summed E-state index contributed by atoms with van der Waals surface area (Å²) in [5, 5.41) is 0. The van der Waals surface area contributed by atoms with Crippen LogP contribution in [0.1, 0.15) is 33.1 Å². The monoisotopic (exact) mass is 460 g/mol. The zero-order chi connectivity index (χ0) is 24.1. The van der Waals surface area contributed by atoms with Crippen LogP contribution in [0.2, 0.25) is 0 Å². The van der Waals surface area contributed by atoms with Crippen LogP contribution in [0.15, 0.2) is 66.9 Å². The molecule has 176 valence electrons. The molecule has 2 unspecified atom stereocenters. The van der Waals surface area contributed by atoms with E-state index in [-0.39, 0.29) is 11.8 Å². The molecular formula is C28H30NO5+. The minimum atomic E-state index is -0.00873. The van der Waals surface area contributed by atoms with Crippen LogP contribution in [-0.4, -0.2) is 40.8 Å². The number of benzene rings is 3. The summed E-state index contributed by atoms with van der Waals surface area (Å²) < 4.78 is 22.0. The van der Waals surface area contributed by atoms with Crippen molar-refractivity contribution in [3.63, 3.8) is 0 Å². The summed E-state index contributed by atoms with van der Waals surface area (Å²) in [6, 6.07) is 19.4. The van der Waals surface area contributed by atoms with E-state index in [0.29, 0.717) is 41.5 Å². The molecule has 6 heteroatoms. The molecule has 0 amide bonds. The molecule has 0 radical (unpaired) electrons. The van der Waals surface area contributed by atoms with Crippen LogP contribution in [-0.2, 0) is 6.42 Å². The number of fused-ring (bicyclic) bond motifs is 1. The van der Waals surface area contributed by atoms with E-state index in [4.69, 9.17) is 18.9 Å². The Morgan fingerprint density at radius 3 is 2.12 bits per heavy atom. The molecule has 2 atom stereocenters. The lowest BCUT2D eigenvalue weighted by Gasteiger charge is -2.30. The number of rotatable bonds is 9. The summed E-state index contributed by atoms with van der Waals surface area (Å²) in [6.45, 7) is 0.340. The lowest BCUT2D eigenvalue weighted by Crippen LogP contribution is -3.09. The maximum Gasteiger partial charge on any atom is 0.217 e. The highest BCUT2D eigenvalue weighted by molar-refractivity contribution is 5.96. The van der Waals surface area contributed by atoms with Gasteiger partial charge in [-0.15, -0.1) is 0 Å². The third-order valence-corrected chi connectivity index (χ3v) is 6.24. The van der Waals surface area contributed by atoms with Gasteiger partial charge in [-0.2, -0.15) is 0 Å². The van der Waals surface area contributed by atoms with E-state index in [0.717, 1.165) is 21.6 Å². The first-order valence-corrected chi connectivity index (χ1v) is 11.2. The smallest absolute Gasteiger partial charge is 0.217 e. The summed E-state index contributed by atoms with van der Waals surface area (Å²) in [7, 11) is 6.53. The first-order valence-electron chi connectivity index (χ1n) is 11.2. The number of nitrogens with one attached hydrogen (secondary N) is 1. The zero-order valence-electron chi connectivity index (χ0n) is 20.0. The average Bonchev–Trinajstić information content (AvgIpc) is 2.89. The Balaban J connectivity index is 1.72. The van der Waals surface area contributed by atoms with E-state index in [9.17, 15) is 4.79 Å². The number of ether oxygens (including phenoxy) is 4. The molecule has 6 nitrogen and oxygen atoms in total. The van der Waals surface area contributed by atoms with Gasteiger partial charge in [0.1, 0.15) is 12.6 Å². The van der Waals surface area contributed by atoms with Gasteiger partial charge in [0, 0.05) is 17.5 Å². The topological polar surface area (TPSA) is 58.4 Å². The fraction of sp³-hybridized carbons (Fsp3) is 0.250. The number of ketones is 1. The fourth-order valence-corrected chi connectivity index (χ4v) is 4.45. The SMILES string of the molecule is COc1ccc(CC2c3cc(OC)c(OC)cc3C=C[NH+]2CC(=O)c2ccccc2)cc1OC. The number of carbonyl (C=O) groups excluding carboxylic acids is 1. The van der Waals surface area contributed by atoms with Crippen LogP contribution in [0.3, 0.4) is 0 Å². The van der Waals surface area contributed by atoms with Crippen molar-refractivity contribution < 1.29 is 28.6 Å². The summed E-state index contributed by atoms with van der Waals surface area (Å²) in [4.78, 5) is 14.2. The van der Waals surface area contributed by atoms with Crippen molar-refractivity contribution in [1.82, 2.24) is 0 Å². The van der Waals surface area contributed by atoms with Crippen molar-refractivity contribution in [2.45, 2.75) is 12.5 Å². The Morgan fingerprint density at radius 2 is 1.44 bits per heavy atom. The van der Waals surface area contributed by atoms with E-state index < -0.39 is 0 Å². The molecule has 3 aromatic carbocycles. The predicted molar refractivity (Wildman–Crippen MR) is 131 cm³/mol. The number of carbonyl (C=O) groups is 1. The molecule has 0 fully saturated rings. The second-order valence-corrected chi connectivity index (χ2v) is 8.16. The van der Waals surface area contributed by atoms with Crippen molar-refractivity contribution in [3.05, 3.63) is 89.1 Å². The van der Waals surface area contributed by atoms with Crippen molar-refractivity contribution in [2.75, 3.05) is 35.0 Å². The van der Waals surface area contributed by atoms with E-state index in [1.165, 1.54) is 0 Å². The third kappa shape index (κ3) is 4.77. The average molecular weight is 461 g/mol. The van der Waals surface area contributed by atoms with Gasteiger partial charge in [-0.05, 0) is 41.5 Å². The lowest BCUT2D eigenvalue weighted by atomic mass is 9.90. The van der Waals surface area contributed by atoms with Gasteiger partial charge in [-0.1, -0.05) is 36.4 Å². The second-order valence-electron chi connectivity index (χ2n) is 8.16. The Hall–Kier alpha value is -3.77. The maximum absolute atomic E-state index is 13.1. The number of hydrogen-bond acceptors (Lipinski definition) is 5. The predicted octanol–water partition coefficient (Wildman–Crippen LogP) is 3.76. The number of methoxy groups -OCH3 is 4. The van der Waals surface area contributed by atoms with Gasteiger partial charge >= 0.3 is 0 Å². The normalized spacial score (nSPS) is 16.5. The van der Waals surface area contributed by atoms with E-state index in [1.807, 2.05) is 60.7 Å². The summed E-state index contributed by atoms with van der Waals surface area (Å²) >= 11 is 0. The summed E-state index contributed by atoms with van der Waals surface area (Å²) in [5.41, 5.74) is 3.96. The molecule has 4 rings (SSSR count). The van der Waals surface area contributed by atoms with Crippen molar-refractivity contribution in [3.8, 4) is 23.0 Å². The lowest BCUT2D eigenvalue weighted by molar-refractivity contribution is -0.872. The third-order valence-electron chi connectivity index (χ3n) is 6.24. The first kappa shape index (κ1) is 23.4. The van der Waals surface area contributed by atoms with Crippen molar-refractivity contribution >= 4 is 11.9 Å². The van der Waals surface area contributed by atoms with E-state index in [1.54, 1.807) is 28.4 Å². The van der Waals surface area contributed by atoms with Gasteiger partial charge in [0.15, 0.2) is 23.0 Å². The Labute approximate surface area is 200 Å². The van der Waals surface area contributed by atoms with Gasteiger partial charge < -0.3 is 18.9 Å². The summed E-state index contributed by atoms with van der Waals surface area (Å²) in [5.74, 6) is 2.81. The minimum absolute atomic E-state index is 0.00873. The molecule has 0 spiro atoms. The largest absolute Gasteiger partial charge is 0.493 e.